The van der Waals surface area contributed by atoms with E-state index in [2.05, 4.69) is 22.2 Å². The van der Waals surface area contributed by atoms with Crippen molar-refractivity contribution in [3.8, 4) is 0 Å². The van der Waals surface area contributed by atoms with Crippen LogP contribution in [-0.4, -0.2) is 26.1 Å². The normalized spacial score (nSPS) is 17.5. The zero-order valence-electron chi connectivity index (χ0n) is 12.7. The van der Waals surface area contributed by atoms with Gasteiger partial charge in [0.05, 0.1) is 0 Å². The van der Waals surface area contributed by atoms with Crippen LogP contribution in [0.1, 0.15) is 31.2 Å². The highest BCUT2D eigenvalue weighted by Crippen LogP contribution is 2.40. The Balaban J connectivity index is 2.08. The van der Waals surface area contributed by atoms with Crippen molar-refractivity contribution < 1.29 is 4.39 Å². The number of aliphatic imine (C=N–C) groups is 1. The predicted octanol–water partition coefficient (Wildman–Crippen LogP) is 2.99. The summed E-state index contributed by atoms with van der Waals surface area (Å²) in [5.74, 6) is 0.603. The SMILES string of the molecule is C=CCNC(=NC)NCC1(c2ccc(F)cc2)CCCC1. The number of hydrogen-bond donors (Lipinski definition) is 2. The van der Waals surface area contributed by atoms with Crippen LogP contribution < -0.4 is 10.6 Å². The second-order valence-electron chi connectivity index (χ2n) is 5.59. The lowest BCUT2D eigenvalue weighted by Gasteiger charge is -2.30. The summed E-state index contributed by atoms with van der Waals surface area (Å²) in [5, 5.41) is 6.58. The summed E-state index contributed by atoms with van der Waals surface area (Å²) in [4.78, 5) is 4.21. The monoisotopic (exact) mass is 289 g/mol. The minimum atomic E-state index is -0.177. The van der Waals surface area contributed by atoms with Crippen LogP contribution in [0.2, 0.25) is 0 Å². The Morgan fingerprint density at radius 3 is 2.52 bits per heavy atom. The van der Waals surface area contributed by atoms with Gasteiger partial charge in [0.1, 0.15) is 5.82 Å². The lowest BCUT2D eigenvalue weighted by Crippen LogP contribution is -2.44. The number of nitrogens with one attached hydrogen (secondary N) is 2. The first-order valence-corrected chi connectivity index (χ1v) is 7.52. The molecule has 1 aliphatic rings. The molecule has 0 atom stereocenters. The van der Waals surface area contributed by atoms with E-state index in [1.165, 1.54) is 18.4 Å². The molecule has 0 spiro atoms. The molecule has 1 aliphatic carbocycles. The van der Waals surface area contributed by atoms with Gasteiger partial charge in [-0.1, -0.05) is 31.1 Å². The zero-order valence-corrected chi connectivity index (χ0v) is 12.7. The molecule has 21 heavy (non-hydrogen) atoms. The average Bonchev–Trinajstić information content (AvgIpc) is 2.98. The van der Waals surface area contributed by atoms with E-state index < -0.39 is 0 Å². The number of halogens is 1. The summed E-state index contributed by atoms with van der Waals surface area (Å²) in [5.41, 5.74) is 1.30. The number of guanidine groups is 1. The van der Waals surface area contributed by atoms with Gasteiger partial charge in [-0.2, -0.15) is 0 Å². The first-order chi connectivity index (χ1) is 10.2. The summed E-state index contributed by atoms with van der Waals surface area (Å²) >= 11 is 0. The van der Waals surface area contributed by atoms with Crippen molar-refractivity contribution in [1.29, 1.82) is 0 Å². The standard InChI is InChI=1S/C17H24FN3/c1-3-12-20-16(19-2)21-13-17(10-4-5-11-17)14-6-8-15(18)9-7-14/h3,6-9H,1,4-5,10-13H2,2H3,(H2,19,20,21). The third-order valence-electron chi connectivity index (χ3n) is 4.25. The quantitative estimate of drug-likeness (QED) is 0.497. The molecule has 0 aliphatic heterocycles. The number of rotatable bonds is 5. The molecule has 2 rings (SSSR count). The molecule has 0 heterocycles. The van der Waals surface area contributed by atoms with Crippen molar-refractivity contribution >= 4 is 5.96 Å². The third-order valence-corrected chi connectivity index (χ3v) is 4.25. The van der Waals surface area contributed by atoms with Gasteiger partial charge in [0.2, 0.25) is 0 Å². The summed E-state index contributed by atoms with van der Waals surface area (Å²) < 4.78 is 13.2. The van der Waals surface area contributed by atoms with Gasteiger partial charge in [0, 0.05) is 25.6 Å². The predicted molar refractivity (Wildman–Crippen MR) is 86.1 cm³/mol. The van der Waals surface area contributed by atoms with Gasteiger partial charge in [-0.15, -0.1) is 6.58 Å². The summed E-state index contributed by atoms with van der Waals surface area (Å²) in [6.45, 7) is 5.19. The Morgan fingerprint density at radius 1 is 1.29 bits per heavy atom. The maximum absolute atomic E-state index is 13.2. The van der Waals surface area contributed by atoms with E-state index in [9.17, 15) is 4.39 Å². The van der Waals surface area contributed by atoms with E-state index in [0.29, 0.717) is 6.54 Å². The molecule has 4 heteroatoms. The van der Waals surface area contributed by atoms with Gasteiger partial charge in [0.25, 0.3) is 0 Å². The molecule has 1 fully saturated rings. The molecule has 2 N–H and O–H groups in total. The van der Waals surface area contributed by atoms with Crippen LogP contribution in [0.15, 0.2) is 41.9 Å². The average molecular weight is 289 g/mol. The van der Waals surface area contributed by atoms with E-state index in [-0.39, 0.29) is 11.2 Å². The highest BCUT2D eigenvalue weighted by atomic mass is 19.1. The van der Waals surface area contributed by atoms with Crippen LogP contribution in [0.5, 0.6) is 0 Å². The van der Waals surface area contributed by atoms with Crippen LogP contribution in [-0.2, 0) is 5.41 Å². The van der Waals surface area contributed by atoms with E-state index in [0.717, 1.165) is 25.3 Å². The van der Waals surface area contributed by atoms with Crippen LogP contribution in [0.4, 0.5) is 4.39 Å². The minimum absolute atomic E-state index is 0.0828. The van der Waals surface area contributed by atoms with Gasteiger partial charge in [-0.25, -0.2) is 4.39 Å². The fourth-order valence-electron chi connectivity index (χ4n) is 3.07. The van der Waals surface area contributed by atoms with Gasteiger partial charge in [-0.3, -0.25) is 4.99 Å². The molecular formula is C17H24FN3. The summed E-state index contributed by atoms with van der Waals surface area (Å²) in [6.07, 6.45) is 6.50. The second kappa shape index (κ2) is 7.25. The maximum Gasteiger partial charge on any atom is 0.191 e. The van der Waals surface area contributed by atoms with Crippen LogP contribution >= 0.6 is 0 Å². The van der Waals surface area contributed by atoms with Crippen LogP contribution in [0.3, 0.4) is 0 Å². The highest BCUT2D eigenvalue weighted by Gasteiger charge is 2.35. The molecule has 3 nitrogen and oxygen atoms in total. The molecule has 114 valence electrons. The van der Waals surface area contributed by atoms with E-state index in [1.54, 1.807) is 25.3 Å². The topological polar surface area (TPSA) is 36.4 Å². The Morgan fingerprint density at radius 2 is 1.95 bits per heavy atom. The molecule has 0 radical (unpaired) electrons. The van der Waals surface area contributed by atoms with Crippen molar-refractivity contribution in [2.45, 2.75) is 31.1 Å². The molecule has 0 bridgehead atoms. The van der Waals surface area contributed by atoms with Gasteiger partial charge >= 0.3 is 0 Å². The molecule has 0 saturated heterocycles. The Kier molecular flexibility index (Phi) is 5.37. The van der Waals surface area contributed by atoms with Gasteiger partial charge in [-0.05, 0) is 30.5 Å². The van der Waals surface area contributed by atoms with Crippen molar-refractivity contribution in [3.05, 3.63) is 48.3 Å². The molecule has 1 aromatic carbocycles. The second-order valence-corrected chi connectivity index (χ2v) is 5.59. The molecular weight excluding hydrogens is 265 g/mol. The van der Waals surface area contributed by atoms with Crippen LogP contribution in [0, 0.1) is 5.82 Å². The Labute approximate surface area is 126 Å². The van der Waals surface area contributed by atoms with Gasteiger partial charge < -0.3 is 10.6 Å². The first-order valence-electron chi connectivity index (χ1n) is 7.52. The number of hydrogen-bond acceptors (Lipinski definition) is 1. The zero-order chi connectivity index (χ0) is 15.1. The fourth-order valence-corrected chi connectivity index (χ4v) is 3.07. The smallest absolute Gasteiger partial charge is 0.191 e. The lowest BCUT2D eigenvalue weighted by molar-refractivity contribution is 0.431. The first kappa shape index (κ1) is 15.5. The van der Waals surface area contributed by atoms with Crippen molar-refractivity contribution in [2.75, 3.05) is 20.1 Å². The molecule has 0 unspecified atom stereocenters. The molecule has 1 saturated carbocycles. The van der Waals surface area contributed by atoms with Gasteiger partial charge in [0.15, 0.2) is 5.96 Å². The van der Waals surface area contributed by atoms with Crippen LogP contribution in [0.25, 0.3) is 0 Å². The highest BCUT2D eigenvalue weighted by molar-refractivity contribution is 5.79. The number of benzene rings is 1. The summed E-state index contributed by atoms with van der Waals surface area (Å²) in [6, 6.07) is 6.95. The van der Waals surface area contributed by atoms with E-state index in [1.807, 2.05) is 12.1 Å². The third kappa shape index (κ3) is 3.84. The van der Waals surface area contributed by atoms with Crippen molar-refractivity contribution in [3.63, 3.8) is 0 Å². The lowest BCUT2D eigenvalue weighted by atomic mass is 9.79. The van der Waals surface area contributed by atoms with Crippen molar-refractivity contribution in [1.82, 2.24) is 10.6 Å². The Hall–Kier alpha value is -1.84. The van der Waals surface area contributed by atoms with Crippen molar-refractivity contribution in [2.24, 2.45) is 4.99 Å². The molecule has 1 aromatic rings. The fraction of sp³-hybridized carbons (Fsp3) is 0.471. The Bertz CT molecular complexity index is 487. The van der Waals surface area contributed by atoms with E-state index >= 15 is 0 Å². The summed E-state index contributed by atoms with van der Waals surface area (Å²) in [7, 11) is 1.76. The van der Waals surface area contributed by atoms with E-state index in [4.69, 9.17) is 0 Å². The molecule has 0 aromatic heterocycles. The largest absolute Gasteiger partial charge is 0.356 e. The maximum atomic E-state index is 13.2. The molecule has 0 amide bonds. The minimum Gasteiger partial charge on any atom is -0.356 e. The number of nitrogens with zero attached hydrogens (tertiary/aromatic N) is 1.